The summed E-state index contributed by atoms with van der Waals surface area (Å²) < 4.78 is 4.81. The van der Waals surface area contributed by atoms with Gasteiger partial charge in [0.1, 0.15) is 0 Å². The molecule has 0 aromatic carbocycles. The second kappa shape index (κ2) is 5.58. The van der Waals surface area contributed by atoms with E-state index in [-0.39, 0.29) is 11.8 Å². The van der Waals surface area contributed by atoms with Crippen LogP contribution in [-0.4, -0.2) is 18.4 Å². The molecule has 0 aromatic rings. The first kappa shape index (κ1) is 11.0. The summed E-state index contributed by atoms with van der Waals surface area (Å²) in [5.74, 6) is -0.00237. The monoisotopic (exact) mass is 196 g/mol. The normalized spacial score (nSPS) is 16.4. The zero-order chi connectivity index (χ0) is 10.4. The van der Waals surface area contributed by atoms with Crippen molar-refractivity contribution in [2.24, 2.45) is 0 Å². The molecule has 14 heavy (non-hydrogen) atoms. The lowest BCUT2D eigenvalue weighted by molar-refractivity contribution is -0.141. The number of rotatable bonds is 4. The Labute approximate surface area is 84.1 Å². The number of ether oxygens (including phenoxy) is 1. The molecule has 0 saturated heterocycles. The predicted octanol–water partition coefficient (Wildman–Crippen LogP) is 2.01. The van der Waals surface area contributed by atoms with Crippen molar-refractivity contribution in [3.05, 3.63) is 11.6 Å². The summed E-state index contributed by atoms with van der Waals surface area (Å²) in [5.41, 5.74) is 1.20. The van der Waals surface area contributed by atoms with Gasteiger partial charge < -0.3 is 4.74 Å². The predicted molar refractivity (Wildman–Crippen MR) is 52.8 cm³/mol. The molecule has 0 saturated carbocycles. The van der Waals surface area contributed by atoms with Gasteiger partial charge in [-0.05, 0) is 31.8 Å². The Morgan fingerprint density at radius 3 is 2.93 bits per heavy atom. The summed E-state index contributed by atoms with van der Waals surface area (Å²) in [4.78, 5) is 21.5. The van der Waals surface area contributed by atoms with Gasteiger partial charge in [-0.15, -0.1) is 0 Å². The molecule has 0 bridgehead atoms. The van der Waals surface area contributed by atoms with Crippen LogP contribution in [0.1, 0.15) is 39.0 Å². The summed E-state index contributed by atoms with van der Waals surface area (Å²) in [6, 6.07) is 0. The first-order valence-electron chi connectivity index (χ1n) is 5.04. The molecule has 1 aliphatic rings. The van der Waals surface area contributed by atoms with E-state index >= 15 is 0 Å². The quantitative estimate of drug-likeness (QED) is 0.510. The number of carbonyl (C=O) groups is 2. The third-order valence-corrected chi connectivity index (χ3v) is 2.23. The fraction of sp³-hybridized carbons (Fsp3) is 0.636. The molecule has 0 amide bonds. The maximum absolute atomic E-state index is 11.1. The van der Waals surface area contributed by atoms with Crippen LogP contribution in [0, 0.1) is 0 Å². The smallest absolute Gasteiger partial charge is 0.302 e. The van der Waals surface area contributed by atoms with Crippen LogP contribution >= 0.6 is 0 Å². The van der Waals surface area contributed by atoms with E-state index in [1.54, 1.807) is 6.08 Å². The largest absolute Gasteiger partial charge is 0.466 e. The number of allylic oxidation sites excluding steroid dienone is 2. The molecule has 0 heterocycles. The maximum Gasteiger partial charge on any atom is 0.302 e. The molecular weight excluding hydrogens is 180 g/mol. The van der Waals surface area contributed by atoms with Gasteiger partial charge in [-0.25, -0.2) is 0 Å². The molecule has 0 fully saturated rings. The van der Waals surface area contributed by atoms with E-state index in [0.717, 1.165) is 25.7 Å². The van der Waals surface area contributed by atoms with E-state index in [1.807, 2.05) is 0 Å². The molecule has 0 aliphatic heterocycles. The number of esters is 1. The molecule has 0 unspecified atom stereocenters. The molecule has 78 valence electrons. The molecule has 0 N–H and O–H groups in total. The van der Waals surface area contributed by atoms with E-state index in [9.17, 15) is 9.59 Å². The van der Waals surface area contributed by atoms with Crippen LogP contribution in [0.15, 0.2) is 11.6 Å². The summed E-state index contributed by atoms with van der Waals surface area (Å²) in [6.45, 7) is 1.87. The standard InChI is InChI=1S/C11H16O3/c1-9(12)14-7-3-5-10-4-2-6-11(13)8-10/h8H,2-7H2,1H3. The van der Waals surface area contributed by atoms with Crippen molar-refractivity contribution in [2.45, 2.75) is 39.0 Å². The summed E-state index contributed by atoms with van der Waals surface area (Å²) >= 11 is 0. The molecule has 1 aliphatic carbocycles. The minimum Gasteiger partial charge on any atom is -0.466 e. The fourth-order valence-electron chi connectivity index (χ4n) is 1.57. The average molecular weight is 196 g/mol. The summed E-state index contributed by atoms with van der Waals surface area (Å²) in [6.07, 6.45) is 6.12. The van der Waals surface area contributed by atoms with Gasteiger partial charge in [-0.2, -0.15) is 0 Å². The molecule has 0 aromatic heterocycles. The van der Waals surface area contributed by atoms with Gasteiger partial charge in [0.25, 0.3) is 0 Å². The molecular formula is C11H16O3. The topological polar surface area (TPSA) is 43.4 Å². The van der Waals surface area contributed by atoms with Gasteiger partial charge in [0.15, 0.2) is 5.78 Å². The lowest BCUT2D eigenvalue weighted by atomic mass is 9.95. The third kappa shape index (κ3) is 4.21. The second-order valence-electron chi connectivity index (χ2n) is 3.57. The van der Waals surface area contributed by atoms with Gasteiger partial charge >= 0.3 is 5.97 Å². The highest BCUT2D eigenvalue weighted by atomic mass is 16.5. The third-order valence-electron chi connectivity index (χ3n) is 2.23. The van der Waals surface area contributed by atoms with Crippen LogP contribution in [0.2, 0.25) is 0 Å². The van der Waals surface area contributed by atoms with Crippen LogP contribution < -0.4 is 0 Å². The van der Waals surface area contributed by atoms with Crippen LogP contribution in [0.4, 0.5) is 0 Å². The number of ketones is 1. The SMILES string of the molecule is CC(=O)OCCCC1=CC(=O)CCC1. The van der Waals surface area contributed by atoms with Crippen molar-refractivity contribution in [3.63, 3.8) is 0 Å². The minimum atomic E-state index is -0.237. The van der Waals surface area contributed by atoms with Crippen molar-refractivity contribution in [1.29, 1.82) is 0 Å². The van der Waals surface area contributed by atoms with E-state index in [2.05, 4.69) is 0 Å². The van der Waals surface area contributed by atoms with Crippen LogP contribution in [0.3, 0.4) is 0 Å². The van der Waals surface area contributed by atoms with Crippen molar-refractivity contribution >= 4 is 11.8 Å². The Balaban J connectivity index is 2.17. The first-order chi connectivity index (χ1) is 6.68. The molecule has 3 heteroatoms. The van der Waals surface area contributed by atoms with Crippen LogP contribution in [-0.2, 0) is 14.3 Å². The Hall–Kier alpha value is -1.12. The first-order valence-corrected chi connectivity index (χ1v) is 5.04. The highest BCUT2D eigenvalue weighted by Gasteiger charge is 2.09. The van der Waals surface area contributed by atoms with Crippen molar-refractivity contribution < 1.29 is 14.3 Å². The summed E-state index contributed by atoms with van der Waals surface area (Å²) in [5, 5.41) is 0. The highest BCUT2D eigenvalue weighted by Crippen LogP contribution is 2.19. The van der Waals surface area contributed by atoms with Crippen LogP contribution in [0.5, 0.6) is 0 Å². The lowest BCUT2D eigenvalue weighted by Crippen LogP contribution is -2.05. The molecule has 0 spiro atoms. The Bertz CT molecular complexity index is 253. The highest BCUT2D eigenvalue weighted by molar-refractivity contribution is 5.91. The Morgan fingerprint density at radius 2 is 2.29 bits per heavy atom. The Kier molecular flexibility index (Phi) is 4.36. The zero-order valence-electron chi connectivity index (χ0n) is 8.54. The number of hydrogen-bond acceptors (Lipinski definition) is 3. The second-order valence-corrected chi connectivity index (χ2v) is 3.57. The lowest BCUT2D eigenvalue weighted by Gasteiger charge is -2.11. The van der Waals surface area contributed by atoms with Gasteiger partial charge in [-0.1, -0.05) is 5.57 Å². The van der Waals surface area contributed by atoms with Crippen molar-refractivity contribution in [3.8, 4) is 0 Å². The number of carbonyl (C=O) groups excluding carboxylic acids is 2. The van der Waals surface area contributed by atoms with Crippen molar-refractivity contribution in [1.82, 2.24) is 0 Å². The van der Waals surface area contributed by atoms with E-state index < -0.39 is 0 Å². The average Bonchev–Trinajstić information content (AvgIpc) is 2.12. The minimum absolute atomic E-state index is 0.235. The van der Waals surface area contributed by atoms with E-state index in [0.29, 0.717) is 13.0 Å². The van der Waals surface area contributed by atoms with Gasteiger partial charge in [0, 0.05) is 13.3 Å². The van der Waals surface area contributed by atoms with E-state index in [4.69, 9.17) is 4.74 Å². The number of hydrogen-bond donors (Lipinski definition) is 0. The molecule has 3 nitrogen and oxygen atoms in total. The zero-order valence-corrected chi connectivity index (χ0v) is 8.54. The van der Waals surface area contributed by atoms with Gasteiger partial charge in [-0.3, -0.25) is 9.59 Å². The van der Waals surface area contributed by atoms with Crippen LogP contribution in [0.25, 0.3) is 0 Å². The van der Waals surface area contributed by atoms with Gasteiger partial charge in [0.2, 0.25) is 0 Å². The molecule has 0 atom stereocenters. The fourth-order valence-corrected chi connectivity index (χ4v) is 1.57. The molecule has 0 radical (unpaired) electrons. The summed E-state index contributed by atoms with van der Waals surface area (Å²) in [7, 11) is 0. The molecule has 1 rings (SSSR count). The Morgan fingerprint density at radius 1 is 1.50 bits per heavy atom. The maximum atomic E-state index is 11.1. The van der Waals surface area contributed by atoms with Crippen molar-refractivity contribution in [2.75, 3.05) is 6.61 Å². The van der Waals surface area contributed by atoms with E-state index in [1.165, 1.54) is 12.5 Å². The van der Waals surface area contributed by atoms with Gasteiger partial charge in [0.05, 0.1) is 6.61 Å².